The van der Waals surface area contributed by atoms with Gasteiger partial charge >= 0.3 is 0 Å². The maximum atomic E-state index is 5.32. The first-order valence-corrected chi connectivity index (χ1v) is 6.60. The van der Waals surface area contributed by atoms with Gasteiger partial charge in [0.15, 0.2) is 0 Å². The van der Waals surface area contributed by atoms with Gasteiger partial charge in [0.05, 0.1) is 24.4 Å². The van der Waals surface area contributed by atoms with Crippen LogP contribution in [0.5, 0.6) is 0 Å². The largest absolute Gasteiger partial charge is 0.382 e. The van der Waals surface area contributed by atoms with Crippen LogP contribution in [0, 0.1) is 0 Å². The van der Waals surface area contributed by atoms with E-state index in [4.69, 9.17) is 4.74 Å². The Morgan fingerprint density at radius 2 is 2.05 bits per heavy atom. The molecule has 0 aliphatic carbocycles. The molecule has 20 heavy (non-hydrogen) atoms. The van der Waals surface area contributed by atoms with E-state index in [0.29, 0.717) is 6.61 Å². The van der Waals surface area contributed by atoms with E-state index in [1.165, 1.54) is 5.56 Å². The van der Waals surface area contributed by atoms with E-state index in [1.54, 1.807) is 7.11 Å². The Kier molecular flexibility index (Phi) is 3.65. The third kappa shape index (κ3) is 2.65. The molecule has 0 amide bonds. The maximum absolute atomic E-state index is 5.32. The predicted molar refractivity (Wildman–Crippen MR) is 80.8 cm³/mol. The fraction of sp³-hybridized carbons (Fsp3) is 0.188. The number of hydrogen-bond donors (Lipinski definition) is 2. The molecular weight excluding hydrogens is 250 g/mol. The van der Waals surface area contributed by atoms with Gasteiger partial charge in [-0.1, -0.05) is 30.3 Å². The summed E-state index contributed by atoms with van der Waals surface area (Å²) in [6, 6.07) is 16.6. The van der Waals surface area contributed by atoms with Crippen LogP contribution in [0.15, 0.2) is 54.7 Å². The summed E-state index contributed by atoms with van der Waals surface area (Å²) in [4.78, 5) is 0. The van der Waals surface area contributed by atoms with E-state index in [0.717, 1.165) is 16.6 Å². The summed E-state index contributed by atoms with van der Waals surface area (Å²) >= 11 is 0. The zero-order chi connectivity index (χ0) is 13.8. The highest BCUT2D eigenvalue weighted by Crippen LogP contribution is 2.22. The van der Waals surface area contributed by atoms with Crippen LogP contribution < -0.4 is 5.32 Å². The summed E-state index contributed by atoms with van der Waals surface area (Å²) in [5.41, 5.74) is 3.31. The van der Waals surface area contributed by atoms with Crippen molar-refractivity contribution in [3.05, 3.63) is 60.3 Å². The van der Waals surface area contributed by atoms with E-state index in [1.807, 2.05) is 36.5 Å². The molecule has 0 saturated carbocycles. The van der Waals surface area contributed by atoms with Gasteiger partial charge in [0.2, 0.25) is 0 Å². The number of hydrogen-bond acceptors (Lipinski definition) is 3. The molecule has 0 spiro atoms. The summed E-state index contributed by atoms with van der Waals surface area (Å²) in [5, 5.41) is 11.6. The first-order valence-electron chi connectivity index (χ1n) is 6.60. The standard InChI is InChI=1S/C16H17N3O/c1-20-11-16(12-5-3-2-4-6-12)18-14-7-8-15-13(9-14)10-17-19-15/h2-10,16,18H,11H2,1H3,(H,17,19). The van der Waals surface area contributed by atoms with Crippen LogP contribution in [0.2, 0.25) is 0 Å². The van der Waals surface area contributed by atoms with Gasteiger partial charge < -0.3 is 10.1 Å². The molecule has 2 aromatic carbocycles. The monoisotopic (exact) mass is 267 g/mol. The third-order valence-corrected chi connectivity index (χ3v) is 3.32. The molecule has 3 aromatic rings. The number of H-pyrrole nitrogens is 1. The number of anilines is 1. The first kappa shape index (κ1) is 12.7. The molecule has 0 bridgehead atoms. The average molecular weight is 267 g/mol. The second-order valence-corrected chi connectivity index (χ2v) is 4.73. The van der Waals surface area contributed by atoms with Crippen molar-refractivity contribution in [2.45, 2.75) is 6.04 Å². The quantitative estimate of drug-likeness (QED) is 0.745. The molecule has 1 aromatic heterocycles. The average Bonchev–Trinajstić information content (AvgIpc) is 2.95. The van der Waals surface area contributed by atoms with Gasteiger partial charge in [0.25, 0.3) is 0 Å². The molecule has 1 heterocycles. The van der Waals surface area contributed by atoms with Crippen LogP contribution in [0.3, 0.4) is 0 Å². The minimum Gasteiger partial charge on any atom is -0.382 e. The van der Waals surface area contributed by atoms with E-state index in [-0.39, 0.29) is 6.04 Å². The highest BCUT2D eigenvalue weighted by Gasteiger charge is 2.11. The minimum atomic E-state index is 0.130. The zero-order valence-corrected chi connectivity index (χ0v) is 11.3. The molecule has 0 saturated heterocycles. The van der Waals surface area contributed by atoms with Crippen molar-refractivity contribution in [1.29, 1.82) is 0 Å². The second-order valence-electron chi connectivity index (χ2n) is 4.73. The summed E-state index contributed by atoms with van der Waals surface area (Å²) < 4.78 is 5.32. The van der Waals surface area contributed by atoms with E-state index in [2.05, 4.69) is 33.7 Å². The predicted octanol–water partition coefficient (Wildman–Crippen LogP) is 3.36. The van der Waals surface area contributed by atoms with Crippen molar-refractivity contribution < 1.29 is 4.74 Å². The number of aromatic amines is 1. The van der Waals surface area contributed by atoms with Crippen molar-refractivity contribution in [3.8, 4) is 0 Å². The van der Waals surface area contributed by atoms with Crippen LogP contribution in [-0.4, -0.2) is 23.9 Å². The van der Waals surface area contributed by atoms with Crippen LogP contribution >= 0.6 is 0 Å². The topological polar surface area (TPSA) is 49.9 Å². The lowest BCUT2D eigenvalue weighted by atomic mass is 10.1. The minimum absolute atomic E-state index is 0.130. The molecule has 0 radical (unpaired) electrons. The number of nitrogens with one attached hydrogen (secondary N) is 2. The van der Waals surface area contributed by atoms with Crippen molar-refractivity contribution in [3.63, 3.8) is 0 Å². The third-order valence-electron chi connectivity index (χ3n) is 3.32. The van der Waals surface area contributed by atoms with Crippen LogP contribution in [-0.2, 0) is 4.74 Å². The van der Waals surface area contributed by atoms with Gasteiger partial charge in [0, 0.05) is 18.2 Å². The van der Waals surface area contributed by atoms with Crippen LogP contribution in [0.25, 0.3) is 10.9 Å². The van der Waals surface area contributed by atoms with Crippen molar-refractivity contribution in [2.75, 3.05) is 19.0 Å². The van der Waals surface area contributed by atoms with Gasteiger partial charge in [-0.05, 0) is 23.8 Å². The molecular formula is C16H17N3O. The Balaban J connectivity index is 1.85. The Labute approximate surface area is 117 Å². The fourth-order valence-electron chi connectivity index (χ4n) is 2.31. The van der Waals surface area contributed by atoms with Crippen molar-refractivity contribution in [2.24, 2.45) is 0 Å². The normalized spacial score (nSPS) is 12.4. The molecule has 2 N–H and O–H groups in total. The van der Waals surface area contributed by atoms with Gasteiger partial charge in [-0.2, -0.15) is 5.10 Å². The Morgan fingerprint density at radius 1 is 1.20 bits per heavy atom. The Hall–Kier alpha value is -2.33. The summed E-state index contributed by atoms with van der Waals surface area (Å²) in [5.74, 6) is 0. The molecule has 1 unspecified atom stereocenters. The molecule has 0 fully saturated rings. The second kappa shape index (κ2) is 5.75. The molecule has 4 nitrogen and oxygen atoms in total. The van der Waals surface area contributed by atoms with E-state index in [9.17, 15) is 0 Å². The number of methoxy groups -OCH3 is 1. The smallest absolute Gasteiger partial charge is 0.0747 e. The molecule has 4 heteroatoms. The number of fused-ring (bicyclic) bond motifs is 1. The van der Waals surface area contributed by atoms with Crippen LogP contribution in [0.4, 0.5) is 5.69 Å². The van der Waals surface area contributed by atoms with Gasteiger partial charge in [0.1, 0.15) is 0 Å². The number of nitrogens with zero attached hydrogens (tertiary/aromatic N) is 1. The fourth-order valence-corrected chi connectivity index (χ4v) is 2.31. The summed E-state index contributed by atoms with van der Waals surface area (Å²) in [6.45, 7) is 0.618. The number of rotatable bonds is 5. The lowest BCUT2D eigenvalue weighted by Crippen LogP contribution is -2.16. The first-order chi connectivity index (χ1) is 9.86. The highest BCUT2D eigenvalue weighted by atomic mass is 16.5. The molecule has 0 aliphatic heterocycles. The van der Waals surface area contributed by atoms with Crippen molar-refractivity contribution in [1.82, 2.24) is 10.2 Å². The molecule has 0 aliphatic rings. The van der Waals surface area contributed by atoms with E-state index >= 15 is 0 Å². The van der Waals surface area contributed by atoms with Crippen LogP contribution in [0.1, 0.15) is 11.6 Å². The number of ether oxygens (including phenoxy) is 1. The lowest BCUT2D eigenvalue weighted by Gasteiger charge is -2.19. The summed E-state index contributed by atoms with van der Waals surface area (Å²) in [6.07, 6.45) is 1.83. The Bertz CT molecular complexity index is 678. The molecule has 102 valence electrons. The maximum Gasteiger partial charge on any atom is 0.0747 e. The number of aromatic nitrogens is 2. The molecule has 1 atom stereocenters. The van der Waals surface area contributed by atoms with Gasteiger partial charge in [-0.3, -0.25) is 5.10 Å². The lowest BCUT2D eigenvalue weighted by molar-refractivity contribution is 0.186. The van der Waals surface area contributed by atoms with Gasteiger partial charge in [-0.15, -0.1) is 0 Å². The van der Waals surface area contributed by atoms with Gasteiger partial charge in [-0.25, -0.2) is 0 Å². The molecule has 3 rings (SSSR count). The Morgan fingerprint density at radius 3 is 2.85 bits per heavy atom. The SMILES string of the molecule is COCC(Nc1ccc2[nH]ncc2c1)c1ccccc1. The van der Waals surface area contributed by atoms with E-state index < -0.39 is 0 Å². The number of benzene rings is 2. The summed E-state index contributed by atoms with van der Waals surface area (Å²) in [7, 11) is 1.72. The van der Waals surface area contributed by atoms with Crippen molar-refractivity contribution >= 4 is 16.6 Å². The highest BCUT2D eigenvalue weighted by molar-refractivity contribution is 5.81. The zero-order valence-electron chi connectivity index (χ0n) is 11.3.